The summed E-state index contributed by atoms with van der Waals surface area (Å²) < 4.78 is 5.81. The zero-order valence-electron chi connectivity index (χ0n) is 19.5. The first-order chi connectivity index (χ1) is 17.7. The quantitative estimate of drug-likeness (QED) is 0.343. The summed E-state index contributed by atoms with van der Waals surface area (Å²) in [5.41, 5.74) is 2.85. The molecule has 0 bridgehead atoms. The molecule has 1 fully saturated rings. The van der Waals surface area contributed by atoms with Crippen molar-refractivity contribution in [2.45, 2.75) is 6.54 Å². The Bertz CT molecular complexity index is 1560. The maximum Gasteiger partial charge on any atom is 0.346 e. The van der Waals surface area contributed by atoms with Crippen LogP contribution in [-0.4, -0.2) is 46.2 Å². The van der Waals surface area contributed by atoms with Crippen molar-refractivity contribution in [1.82, 2.24) is 14.9 Å². The molecule has 0 aliphatic carbocycles. The van der Waals surface area contributed by atoms with Gasteiger partial charge in [-0.05, 0) is 30.3 Å². The number of piperazine rings is 1. The van der Waals surface area contributed by atoms with Crippen LogP contribution in [0.3, 0.4) is 0 Å². The van der Waals surface area contributed by atoms with Gasteiger partial charge in [0.05, 0.1) is 16.8 Å². The molecule has 8 heteroatoms. The van der Waals surface area contributed by atoms with Crippen LogP contribution in [0.4, 0.5) is 5.82 Å². The molecule has 1 N–H and O–H groups in total. The number of phenols is 1. The van der Waals surface area contributed by atoms with E-state index in [1.807, 2.05) is 60.0 Å². The second-order valence-electron chi connectivity index (χ2n) is 8.78. The van der Waals surface area contributed by atoms with Crippen LogP contribution in [0.25, 0.3) is 32.8 Å². The van der Waals surface area contributed by atoms with Crippen LogP contribution in [0, 0.1) is 0 Å². The molecule has 36 heavy (non-hydrogen) atoms. The van der Waals surface area contributed by atoms with Crippen molar-refractivity contribution in [1.29, 1.82) is 0 Å². The molecule has 7 nitrogen and oxygen atoms in total. The Kier molecular flexibility index (Phi) is 5.96. The molecule has 6 rings (SSSR count). The van der Waals surface area contributed by atoms with E-state index in [0.717, 1.165) is 48.6 Å². The third-order valence-electron chi connectivity index (χ3n) is 6.51. The van der Waals surface area contributed by atoms with E-state index < -0.39 is 5.63 Å². The number of rotatable bonds is 5. The molecule has 0 radical (unpaired) electrons. The summed E-state index contributed by atoms with van der Waals surface area (Å²) in [5, 5.41) is 14.0. The maximum atomic E-state index is 13.0. The van der Waals surface area contributed by atoms with Crippen molar-refractivity contribution >= 4 is 28.1 Å². The Morgan fingerprint density at radius 1 is 0.972 bits per heavy atom. The van der Waals surface area contributed by atoms with E-state index in [9.17, 15) is 9.90 Å². The van der Waals surface area contributed by atoms with Crippen LogP contribution < -0.4 is 10.5 Å². The fourth-order valence-corrected chi connectivity index (χ4v) is 5.40. The molecule has 0 unspecified atom stereocenters. The highest BCUT2D eigenvalue weighted by atomic mass is 32.1. The van der Waals surface area contributed by atoms with Gasteiger partial charge < -0.3 is 14.4 Å². The van der Waals surface area contributed by atoms with Crippen molar-refractivity contribution in [3.63, 3.8) is 0 Å². The van der Waals surface area contributed by atoms with Gasteiger partial charge >= 0.3 is 5.63 Å². The van der Waals surface area contributed by atoms with E-state index in [0.29, 0.717) is 28.3 Å². The van der Waals surface area contributed by atoms with Crippen LogP contribution >= 0.6 is 11.3 Å². The van der Waals surface area contributed by atoms with Crippen molar-refractivity contribution in [3.8, 4) is 27.6 Å². The highest BCUT2D eigenvalue weighted by Gasteiger charge is 2.22. The normalized spacial score (nSPS) is 14.4. The van der Waals surface area contributed by atoms with E-state index in [2.05, 4.69) is 19.8 Å². The van der Waals surface area contributed by atoms with E-state index in [1.165, 1.54) is 11.3 Å². The van der Waals surface area contributed by atoms with Crippen molar-refractivity contribution in [2.24, 2.45) is 0 Å². The van der Waals surface area contributed by atoms with Gasteiger partial charge in [-0.15, -0.1) is 11.3 Å². The minimum absolute atomic E-state index is 0.131. The number of thiazole rings is 1. The summed E-state index contributed by atoms with van der Waals surface area (Å²) >= 11 is 1.42. The van der Waals surface area contributed by atoms with Crippen LogP contribution in [0.5, 0.6) is 5.75 Å². The molecule has 2 aromatic carbocycles. The standard InChI is InChI=1S/C28H24N4O3S/c33-24-10-9-20-16-21(27-30-23(18-36-27)19-6-2-1-3-7-19)28(34)35-26(20)22(24)17-31-12-14-32(15-13-31)25-8-4-5-11-29-25/h1-11,16,18,33H,12-15,17H2. The van der Waals surface area contributed by atoms with Gasteiger partial charge in [0.2, 0.25) is 0 Å². The number of pyridine rings is 1. The van der Waals surface area contributed by atoms with Gasteiger partial charge in [0.25, 0.3) is 0 Å². The molecule has 0 spiro atoms. The third kappa shape index (κ3) is 4.36. The summed E-state index contributed by atoms with van der Waals surface area (Å²) in [5.74, 6) is 1.10. The fraction of sp³-hybridized carbons (Fsp3) is 0.179. The molecule has 3 aromatic heterocycles. The van der Waals surface area contributed by atoms with Gasteiger partial charge in [-0.1, -0.05) is 36.4 Å². The Morgan fingerprint density at radius 3 is 2.56 bits per heavy atom. The van der Waals surface area contributed by atoms with Crippen molar-refractivity contribution < 1.29 is 9.52 Å². The predicted molar refractivity (Wildman–Crippen MR) is 142 cm³/mol. The molecular weight excluding hydrogens is 472 g/mol. The molecule has 5 aromatic rings. The molecule has 0 atom stereocenters. The second kappa shape index (κ2) is 9.56. The summed E-state index contributed by atoms with van der Waals surface area (Å²) in [6, 6.07) is 21.1. The molecule has 1 aliphatic rings. The molecular formula is C28H24N4O3S. The third-order valence-corrected chi connectivity index (χ3v) is 7.39. The fourth-order valence-electron chi connectivity index (χ4n) is 4.57. The molecule has 1 saturated heterocycles. The first-order valence-electron chi connectivity index (χ1n) is 11.8. The lowest BCUT2D eigenvalue weighted by Crippen LogP contribution is -2.46. The topological polar surface area (TPSA) is 82.7 Å². The molecule has 1 aliphatic heterocycles. The molecule has 0 saturated carbocycles. The number of phenolic OH excluding ortho intramolecular Hbond substituents is 1. The monoisotopic (exact) mass is 496 g/mol. The number of fused-ring (bicyclic) bond motifs is 1. The van der Waals surface area contributed by atoms with Crippen LogP contribution in [0.1, 0.15) is 5.56 Å². The van der Waals surface area contributed by atoms with E-state index in [1.54, 1.807) is 18.3 Å². The summed E-state index contributed by atoms with van der Waals surface area (Å²) in [6.07, 6.45) is 1.81. The Labute approximate surface area is 211 Å². The molecule has 180 valence electrons. The minimum atomic E-state index is -0.455. The maximum absolute atomic E-state index is 13.0. The van der Waals surface area contributed by atoms with Gasteiger partial charge in [-0.3, -0.25) is 4.90 Å². The Hall–Kier alpha value is -4.01. The van der Waals surface area contributed by atoms with Gasteiger partial charge in [0, 0.05) is 55.3 Å². The Balaban J connectivity index is 1.26. The number of nitrogens with zero attached hydrogens (tertiary/aromatic N) is 4. The van der Waals surface area contributed by atoms with Gasteiger partial charge in [-0.25, -0.2) is 14.8 Å². The first-order valence-corrected chi connectivity index (χ1v) is 12.7. The van der Waals surface area contributed by atoms with Crippen molar-refractivity contribution in [3.05, 3.63) is 94.3 Å². The number of anilines is 1. The number of aromatic hydroxyl groups is 1. The average molecular weight is 497 g/mol. The Morgan fingerprint density at radius 2 is 1.78 bits per heavy atom. The number of aromatic nitrogens is 2. The SMILES string of the molecule is O=c1oc2c(CN3CCN(c4ccccn4)CC3)c(O)ccc2cc1-c1nc(-c2ccccc2)cs1. The molecule has 0 amide bonds. The van der Waals surface area contributed by atoms with Gasteiger partial charge in [0.15, 0.2) is 0 Å². The summed E-state index contributed by atoms with van der Waals surface area (Å²) in [7, 11) is 0. The second-order valence-corrected chi connectivity index (χ2v) is 9.64. The van der Waals surface area contributed by atoms with E-state index >= 15 is 0 Å². The van der Waals surface area contributed by atoms with Crippen molar-refractivity contribution in [2.75, 3.05) is 31.1 Å². The minimum Gasteiger partial charge on any atom is -0.507 e. The predicted octanol–water partition coefficient (Wildman–Crippen LogP) is 5.01. The van der Waals surface area contributed by atoms with Gasteiger partial charge in [0.1, 0.15) is 22.2 Å². The number of benzene rings is 2. The smallest absolute Gasteiger partial charge is 0.346 e. The van der Waals surface area contributed by atoms with Crippen LogP contribution in [0.2, 0.25) is 0 Å². The zero-order valence-corrected chi connectivity index (χ0v) is 20.3. The highest BCUT2D eigenvalue weighted by Crippen LogP contribution is 2.32. The first kappa shape index (κ1) is 22.5. The highest BCUT2D eigenvalue weighted by molar-refractivity contribution is 7.13. The van der Waals surface area contributed by atoms with Crippen LogP contribution in [-0.2, 0) is 6.54 Å². The van der Waals surface area contributed by atoms with Crippen LogP contribution in [0.15, 0.2) is 87.5 Å². The number of hydrogen-bond donors (Lipinski definition) is 1. The van der Waals surface area contributed by atoms with E-state index in [4.69, 9.17) is 4.42 Å². The zero-order chi connectivity index (χ0) is 24.5. The lowest BCUT2D eigenvalue weighted by atomic mass is 10.1. The average Bonchev–Trinajstić information content (AvgIpc) is 3.42. The lowest BCUT2D eigenvalue weighted by molar-refractivity contribution is 0.246. The summed E-state index contributed by atoms with van der Waals surface area (Å²) in [4.78, 5) is 26.7. The molecule has 4 heterocycles. The number of hydrogen-bond acceptors (Lipinski definition) is 8. The summed E-state index contributed by atoms with van der Waals surface area (Å²) in [6.45, 7) is 3.80. The largest absolute Gasteiger partial charge is 0.507 e. The lowest BCUT2D eigenvalue weighted by Gasteiger charge is -2.35. The van der Waals surface area contributed by atoms with E-state index in [-0.39, 0.29) is 5.75 Å². The van der Waals surface area contributed by atoms with Gasteiger partial charge in [-0.2, -0.15) is 0 Å².